The highest BCUT2D eigenvalue weighted by Gasteiger charge is 2.10. The summed E-state index contributed by atoms with van der Waals surface area (Å²) in [4.78, 5) is 20.7. The first-order chi connectivity index (χ1) is 12.1. The van der Waals surface area contributed by atoms with Gasteiger partial charge in [0.05, 0.1) is 0 Å². The molecule has 126 valence electrons. The number of amides is 1. The minimum absolute atomic E-state index is 0.251. The maximum absolute atomic E-state index is 12.5. The third-order valence-corrected chi connectivity index (χ3v) is 3.86. The van der Waals surface area contributed by atoms with Gasteiger partial charge in [-0.25, -0.2) is 9.97 Å². The first-order valence-electron chi connectivity index (χ1n) is 8.10. The Hall–Kier alpha value is -3.21. The normalized spacial score (nSPS) is 10.3. The number of nitrogens with one attached hydrogen (secondary N) is 2. The third kappa shape index (κ3) is 4.41. The van der Waals surface area contributed by atoms with E-state index in [1.54, 1.807) is 6.07 Å². The number of rotatable bonds is 5. The van der Waals surface area contributed by atoms with Crippen molar-refractivity contribution in [1.82, 2.24) is 9.97 Å². The predicted molar refractivity (Wildman–Crippen MR) is 99.7 cm³/mol. The summed E-state index contributed by atoms with van der Waals surface area (Å²) >= 11 is 0. The zero-order valence-corrected chi connectivity index (χ0v) is 14.3. The molecule has 1 aromatic heterocycles. The van der Waals surface area contributed by atoms with Crippen molar-refractivity contribution in [3.63, 3.8) is 0 Å². The second-order valence-corrected chi connectivity index (χ2v) is 5.90. The molecule has 0 bridgehead atoms. The lowest BCUT2D eigenvalue weighted by Gasteiger charge is -2.10. The van der Waals surface area contributed by atoms with Gasteiger partial charge in [-0.1, -0.05) is 42.5 Å². The summed E-state index contributed by atoms with van der Waals surface area (Å²) in [6.07, 6.45) is 1.39. The van der Waals surface area contributed by atoms with Crippen LogP contribution in [0.1, 0.15) is 27.2 Å². The van der Waals surface area contributed by atoms with Gasteiger partial charge in [-0.3, -0.25) is 4.79 Å². The van der Waals surface area contributed by atoms with Crippen molar-refractivity contribution in [2.24, 2.45) is 0 Å². The number of nitrogens with zero attached hydrogens (tertiary/aromatic N) is 2. The van der Waals surface area contributed by atoms with Gasteiger partial charge in [-0.15, -0.1) is 0 Å². The molecule has 5 heteroatoms. The number of aryl methyl sites for hydroxylation is 2. The van der Waals surface area contributed by atoms with Crippen molar-refractivity contribution in [2.75, 3.05) is 10.6 Å². The molecule has 0 aliphatic carbocycles. The highest BCUT2D eigenvalue weighted by atomic mass is 16.1. The summed E-state index contributed by atoms with van der Waals surface area (Å²) in [5.41, 5.74) is 4.36. The van der Waals surface area contributed by atoms with E-state index >= 15 is 0 Å². The smallest absolute Gasteiger partial charge is 0.274 e. The molecular formula is C20H20N4O. The van der Waals surface area contributed by atoms with Crippen molar-refractivity contribution in [1.29, 1.82) is 0 Å². The Morgan fingerprint density at radius 2 is 1.80 bits per heavy atom. The fraction of sp³-hybridized carbons (Fsp3) is 0.150. The molecule has 0 aliphatic heterocycles. The standard InChI is InChI=1S/C20H20N4O/c1-14-8-9-15(2)17(10-14)24-20(25)18-11-19(23-13-22-18)21-12-16-6-4-3-5-7-16/h3-11,13H,12H2,1-2H3,(H,24,25)(H,21,22,23). The lowest BCUT2D eigenvalue weighted by Crippen LogP contribution is -2.15. The van der Waals surface area contributed by atoms with Crippen molar-refractivity contribution < 1.29 is 4.79 Å². The van der Waals surface area contributed by atoms with E-state index in [-0.39, 0.29) is 5.91 Å². The molecular weight excluding hydrogens is 312 g/mol. The number of aromatic nitrogens is 2. The maximum Gasteiger partial charge on any atom is 0.274 e. The largest absolute Gasteiger partial charge is 0.366 e. The highest BCUT2D eigenvalue weighted by Crippen LogP contribution is 2.17. The summed E-state index contributed by atoms with van der Waals surface area (Å²) in [6.45, 7) is 4.59. The van der Waals surface area contributed by atoms with Crippen LogP contribution in [0, 0.1) is 13.8 Å². The SMILES string of the molecule is Cc1ccc(C)c(NC(=O)c2cc(NCc3ccccc3)ncn2)c1. The maximum atomic E-state index is 12.5. The molecule has 2 aromatic carbocycles. The minimum atomic E-state index is -0.251. The summed E-state index contributed by atoms with van der Waals surface area (Å²) in [6, 6.07) is 17.6. The number of carbonyl (C=O) groups excluding carboxylic acids is 1. The molecule has 0 radical (unpaired) electrons. The summed E-state index contributed by atoms with van der Waals surface area (Å²) in [5, 5.41) is 6.12. The predicted octanol–water partition coefficient (Wildman–Crippen LogP) is 3.96. The molecule has 3 aromatic rings. The van der Waals surface area contributed by atoms with E-state index in [9.17, 15) is 4.79 Å². The lowest BCUT2D eigenvalue weighted by atomic mass is 10.1. The van der Waals surface area contributed by atoms with Crippen LogP contribution in [-0.2, 0) is 6.54 Å². The molecule has 0 fully saturated rings. The quantitative estimate of drug-likeness (QED) is 0.742. The van der Waals surface area contributed by atoms with Gasteiger partial charge in [0.1, 0.15) is 17.8 Å². The van der Waals surface area contributed by atoms with Gasteiger partial charge >= 0.3 is 0 Å². The molecule has 5 nitrogen and oxygen atoms in total. The molecule has 2 N–H and O–H groups in total. The van der Waals surface area contributed by atoms with Crippen molar-refractivity contribution >= 4 is 17.4 Å². The first-order valence-corrected chi connectivity index (χ1v) is 8.10. The molecule has 1 amide bonds. The monoisotopic (exact) mass is 332 g/mol. The van der Waals surface area contributed by atoms with Crippen LogP contribution in [0.4, 0.5) is 11.5 Å². The second kappa shape index (κ2) is 7.57. The fourth-order valence-corrected chi connectivity index (χ4v) is 2.42. The summed E-state index contributed by atoms with van der Waals surface area (Å²) in [5.74, 6) is 0.365. The number of benzene rings is 2. The van der Waals surface area contributed by atoms with Gasteiger partial charge in [-0.2, -0.15) is 0 Å². The molecule has 0 saturated heterocycles. The van der Waals surface area contributed by atoms with Crippen LogP contribution >= 0.6 is 0 Å². The zero-order valence-electron chi connectivity index (χ0n) is 14.3. The van der Waals surface area contributed by atoms with Crippen LogP contribution in [-0.4, -0.2) is 15.9 Å². The Bertz CT molecular complexity index is 878. The van der Waals surface area contributed by atoms with Gasteiger partial charge in [0.15, 0.2) is 0 Å². The topological polar surface area (TPSA) is 66.9 Å². The molecule has 1 heterocycles. The van der Waals surface area contributed by atoms with E-state index < -0.39 is 0 Å². The number of hydrogen-bond donors (Lipinski definition) is 2. The lowest BCUT2D eigenvalue weighted by molar-refractivity contribution is 0.102. The first kappa shape index (κ1) is 16.6. The van der Waals surface area contributed by atoms with Crippen molar-refractivity contribution in [3.8, 4) is 0 Å². The zero-order chi connectivity index (χ0) is 17.6. The Labute approximate surface area is 147 Å². The van der Waals surface area contributed by atoms with E-state index in [1.165, 1.54) is 6.33 Å². The Morgan fingerprint density at radius 3 is 2.60 bits per heavy atom. The highest BCUT2D eigenvalue weighted by molar-refractivity contribution is 6.03. The molecule has 0 spiro atoms. The number of hydrogen-bond acceptors (Lipinski definition) is 4. The van der Waals surface area contributed by atoms with Crippen LogP contribution in [0.2, 0.25) is 0 Å². The molecule has 3 rings (SSSR count). The second-order valence-electron chi connectivity index (χ2n) is 5.90. The van der Waals surface area contributed by atoms with Crippen LogP contribution in [0.5, 0.6) is 0 Å². The van der Waals surface area contributed by atoms with Gasteiger partial charge in [-0.05, 0) is 36.6 Å². The van der Waals surface area contributed by atoms with Gasteiger partial charge in [0, 0.05) is 18.3 Å². The molecule has 0 unspecified atom stereocenters. The average molecular weight is 332 g/mol. The van der Waals surface area contributed by atoms with Crippen molar-refractivity contribution in [3.05, 3.63) is 83.3 Å². The van der Waals surface area contributed by atoms with Crippen LogP contribution in [0.15, 0.2) is 60.9 Å². The third-order valence-electron chi connectivity index (χ3n) is 3.86. The number of anilines is 2. The summed E-state index contributed by atoms with van der Waals surface area (Å²) < 4.78 is 0. The van der Waals surface area contributed by atoms with Crippen molar-refractivity contribution in [2.45, 2.75) is 20.4 Å². The number of carbonyl (C=O) groups is 1. The van der Waals surface area contributed by atoms with Crippen LogP contribution < -0.4 is 10.6 Å². The van der Waals surface area contributed by atoms with Gasteiger partial charge in [0.2, 0.25) is 0 Å². The van der Waals surface area contributed by atoms with Gasteiger partial charge in [0.25, 0.3) is 5.91 Å². The average Bonchev–Trinajstić information content (AvgIpc) is 2.64. The van der Waals surface area contributed by atoms with E-state index in [0.29, 0.717) is 18.1 Å². The van der Waals surface area contributed by atoms with Crippen LogP contribution in [0.25, 0.3) is 0 Å². The molecule has 0 atom stereocenters. The fourth-order valence-electron chi connectivity index (χ4n) is 2.42. The van der Waals surface area contributed by atoms with E-state index in [4.69, 9.17) is 0 Å². The minimum Gasteiger partial charge on any atom is -0.366 e. The molecule has 25 heavy (non-hydrogen) atoms. The van der Waals surface area contributed by atoms with E-state index in [2.05, 4.69) is 20.6 Å². The summed E-state index contributed by atoms with van der Waals surface area (Å²) in [7, 11) is 0. The Balaban J connectivity index is 1.70. The Morgan fingerprint density at radius 1 is 1.00 bits per heavy atom. The molecule has 0 saturated carbocycles. The van der Waals surface area contributed by atoms with E-state index in [0.717, 1.165) is 22.4 Å². The van der Waals surface area contributed by atoms with Gasteiger partial charge < -0.3 is 10.6 Å². The Kier molecular flexibility index (Phi) is 5.04. The van der Waals surface area contributed by atoms with Crippen LogP contribution in [0.3, 0.4) is 0 Å². The van der Waals surface area contributed by atoms with E-state index in [1.807, 2.05) is 62.4 Å². The molecule has 0 aliphatic rings.